The number of carbonyl (C=O) groups excluding carboxylic acids is 1. The Bertz CT molecular complexity index is 880. The minimum absolute atomic E-state index is 0.134. The lowest BCUT2D eigenvalue weighted by Crippen LogP contribution is -2.48. The summed E-state index contributed by atoms with van der Waals surface area (Å²) in [6.45, 7) is 7.06. The van der Waals surface area contributed by atoms with E-state index in [4.69, 9.17) is 4.65 Å². The number of carbonyl (C=O) groups is 1. The van der Waals surface area contributed by atoms with Gasteiger partial charge in [-0.25, -0.2) is 0 Å². The normalized spacial score (nSPS) is 15.4. The molecule has 31 heavy (non-hydrogen) atoms. The average Bonchev–Trinajstić information content (AvgIpc) is 2.64. The fourth-order valence-electron chi connectivity index (χ4n) is 2.55. The van der Waals surface area contributed by atoms with Gasteiger partial charge >= 0.3 is 13.8 Å². The second-order valence-corrected chi connectivity index (χ2v) is 8.07. The summed E-state index contributed by atoms with van der Waals surface area (Å²) in [4.78, 5) is 24.4. The minimum Gasteiger partial charge on any atom is -0.427 e. The number of nitrogens with zero attached hydrogens (tertiary/aromatic N) is 2. The first-order chi connectivity index (χ1) is 14.1. The highest BCUT2D eigenvalue weighted by atomic mass is 19.4. The number of hydrogen-bond acceptors (Lipinski definition) is 6. The van der Waals surface area contributed by atoms with Crippen molar-refractivity contribution in [2.45, 2.75) is 51.7 Å². The highest BCUT2D eigenvalue weighted by Crippen LogP contribution is 2.30. The summed E-state index contributed by atoms with van der Waals surface area (Å²) >= 11 is 0. The first-order valence-corrected chi connectivity index (χ1v) is 9.36. The highest BCUT2D eigenvalue weighted by molar-refractivity contribution is 6.38. The van der Waals surface area contributed by atoms with Crippen molar-refractivity contribution in [3.05, 3.63) is 45.4 Å². The van der Waals surface area contributed by atoms with Gasteiger partial charge in [-0.15, -0.1) is 13.2 Å². The monoisotopic (exact) mass is 443 g/mol. The molecule has 0 bridgehead atoms. The number of nitro benzene ring substituents is 1. The molecule has 0 saturated heterocycles. The summed E-state index contributed by atoms with van der Waals surface area (Å²) in [5.41, 5.74) is -2.28. The van der Waals surface area contributed by atoms with Crippen LogP contribution in [0.25, 0.3) is 0 Å². The molecule has 1 aromatic rings. The van der Waals surface area contributed by atoms with Crippen LogP contribution in [0.15, 0.2) is 29.7 Å². The molecule has 1 aliphatic rings. The fourth-order valence-corrected chi connectivity index (χ4v) is 2.55. The maximum atomic E-state index is 12.7. The Morgan fingerprint density at radius 2 is 1.90 bits per heavy atom. The molecule has 0 atom stereocenters. The summed E-state index contributed by atoms with van der Waals surface area (Å²) in [7, 11) is 1.51. The van der Waals surface area contributed by atoms with Crippen LogP contribution in [0.5, 0.6) is 5.75 Å². The summed E-state index contributed by atoms with van der Waals surface area (Å²) < 4.78 is 46.5. The average molecular weight is 443 g/mol. The number of halogens is 3. The third-order valence-corrected chi connectivity index (χ3v) is 5.14. The molecule has 0 saturated carbocycles. The molecule has 1 heterocycles. The van der Waals surface area contributed by atoms with Gasteiger partial charge in [-0.3, -0.25) is 14.9 Å². The molecular formula is C19H23BF3N2O6. The van der Waals surface area contributed by atoms with Gasteiger partial charge < -0.3 is 19.4 Å². The molecule has 2 rings (SSSR count). The van der Waals surface area contributed by atoms with E-state index in [9.17, 15) is 33.2 Å². The van der Waals surface area contributed by atoms with E-state index in [1.54, 1.807) is 33.8 Å². The standard InChI is InChI=1S/C19H23BF3N2O6/c1-17(2,27)18(3,4)31-20-12-7-9-24(10-8-12)16(26)14-6-5-13(30-19(21,22)23)11-15(14)25(28)29/h5-7,11,27H,8-10H2,1-4H3. The number of aliphatic hydroxyl groups is 1. The first kappa shape index (κ1) is 24.7. The van der Waals surface area contributed by atoms with Crippen LogP contribution in [0.3, 0.4) is 0 Å². The molecule has 0 aliphatic carbocycles. The largest absolute Gasteiger partial charge is 0.573 e. The van der Waals surface area contributed by atoms with Gasteiger partial charge in [-0.2, -0.15) is 0 Å². The predicted octanol–water partition coefficient (Wildman–Crippen LogP) is 3.41. The third-order valence-electron chi connectivity index (χ3n) is 5.14. The molecule has 1 radical (unpaired) electrons. The Morgan fingerprint density at radius 3 is 2.39 bits per heavy atom. The zero-order valence-electron chi connectivity index (χ0n) is 17.5. The summed E-state index contributed by atoms with van der Waals surface area (Å²) in [5.74, 6) is -1.46. The lowest BCUT2D eigenvalue weighted by Gasteiger charge is -2.38. The molecule has 0 aromatic heterocycles. The topological polar surface area (TPSA) is 102 Å². The summed E-state index contributed by atoms with van der Waals surface area (Å²) in [6.07, 6.45) is -2.91. The maximum absolute atomic E-state index is 12.7. The van der Waals surface area contributed by atoms with Gasteiger partial charge in [0.15, 0.2) is 0 Å². The fraction of sp³-hybridized carbons (Fsp3) is 0.526. The van der Waals surface area contributed by atoms with Crippen molar-refractivity contribution in [1.29, 1.82) is 0 Å². The molecule has 8 nitrogen and oxygen atoms in total. The van der Waals surface area contributed by atoms with E-state index < -0.39 is 39.8 Å². The van der Waals surface area contributed by atoms with Crippen molar-refractivity contribution >= 4 is 19.1 Å². The van der Waals surface area contributed by atoms with Gasteiger partial charge in [0.1, 0.15) is 11.3 Å². The Balaban J connectivity index is 2.10. The number of rotatable bonds is 7. The van der Waals surface area contributed by atoms with Crippen LogP contribution < -0.4 is 4.74 Å². The van der Waals surface area contributed by atoms with Gasteiger partial charge in [0.2, 0.25) is 0 Å². The minimum atomic E-state index is -5.01. The van der Waals surface area contributed by atoms with Crippen LogP contribution in [0.1, 0.15) is 44.5 Å². The van der Waals surface area contributed by atoms with E-state index in [1.165, 1.54) is 12.4 Å². The van der Waals surface area contributed by atoms with E-state index in [-0.39, 0.29) is 18.7 Å². The molecule has 12 heteroatoms. The van der Waals surface area contributed by atoms with Gasteiger partial charge in [0.05, 0.1) is 22.2 Å². The second kappa shape index (κ2) is 8.87. The van der Waals surface area contributed by atoms with E-state index in [1.807, 2.05) is 0 Å². The third kappa shape index (κ3) is 6.44. The molecule has 0 unspecified atom stereocenters. The molecule has 0 fully saturated rings. The van der Waals surface area contributed by atoms with Crippen LogP contribution >= 0.6 is 0 Å². The maximum Gasteiger partial charge on any atom is 0.573 e. The van der Waals surface area contributed by atoms with Gasteiger partial charge in [0.25, 0.3) is 11.6 Å². The van der Waals surface area contributed by atoms with Crippen LogP contribution in [0.2, 0.25) is 0 Å². The molecular weight excluding hydrogens is 420 g/mol. The van der Waals surface area contributed by atoms with Crippen molar-refractivity contribution in [1.82, 2.24) is 4.90 Å². The first-order valence-electron chi connectivity index (χ1n) is 9.36. The number of hydrogen-bond donors (Lipinski definition) is 1. The Hall–Kier alpha value is -2.60. The lowest BCUT2D eigenvalue weighted by atomic mass is 9.79. The number of alkyl halides is 3. The molecule has 169 valence electrons. The van der Waals surface area contributed by atoms with Gasteiger partial charge in [-0.1, -0.05) is 11.5 Å². The quantitative estimate of drug-likeness (QED) is 0.394. The van der Waals surface area contributed by atoms with Gasteiger partial charge in [-0.05, 0) is 46.2 Å². The molecule has 1 N–H and O–H groups in total. The molecule has 1 aromatic carbocycles. The summed E-state index contributed by atoms with van der Waals surface area (Å²) in [5, 5.41) is 21.4. The SMILES string of the molecule is CC(C)(O)C(C)(C)O[B]C1=CCN(C(=O)c2ccc(OC(F)(F)F)cc2[N+](=O)[O-])CC1. The zero-order chi connectivity index (χ0) is 23.6. The van der Waals surface area contributed by atoms with Crippen molar-refractivity contribution in [3.8, 4) is 5.75 Å². The highest BCUT2D eigenvalue weighted by Gasteiger charge is 2.36. The van der Waals surface area contributed by atoms with E-state index in [0.717, 1.165) is 17.6 Å². The zero-order valence-corrected chi connectivity index (χ0v) is 17.5. The van der Waals surface area contributed by atoms with Crippen LogP contribution in [-0.4, -0.2) is 59.0 Å². The molecule has 1 amide bonds. The van der Waals surface area contributed by atoms with E-state index in [0.29, 0.717) is 12.5 Å². The molecule has 0 spiro atoms. The summed E-state index contributed by atoms with van der Waals surface area (Å²) in [6, 6.07) is 2.38. The van der Waals surface area contributed by atoms with Crippen molar-refractivity contribution in [2.24, 2.45) is 0 Å². The number of amides is 1. The number of benzene rings is 1. The van der Waals surface area contributed by atoms with Crippen LogP contribution in [0, 0.1) is 10.1 Å². The number of ether oxygens (including phenoxy) is 1. The second-order valence-electron chi connectivity index (χ2n) is 8.07. The Morgan fingerprint density at radius 1 is 1.26 bits per heavy atom. The van der Waals surface area contributed by atoms with Crippen LogP contribution in [0.4, 0.5) is 18.9 Å². The smallest absolute Gasteiger partial charge is 0.427 e. The van der Waals surface area contributed by atoms with E-state index in [2.05, 4.69) is 4.74 Å². The Kier molecular flexibility index (Phi) is 7.06. The molecule has 1 aliphatic heterocycles. The van der Waals surface area contributed by atoms with E-state index >= 15 is 0 Å². The predicted molar refractivity (Wildman–Crippen MR) is 106 cm³/mol. The van der Waals surface area contributed by atoms with Crippen molar-refractivity contribution in [2.75, 3.05) is 13.1 Å². The van der Waals surface area contributed by atoms with Crippen molar-refractivity contribution < 1.29 is 37.4 Å². The number of nitro groups is 1. The van der Waals surface area contributed by atoms with Crippen LogP contribution in [-0.2, 0) is 4.65 Å². The Labute approximate surface area is 178 Å². The van der Waals surface area contributed by atoms with Gasteiger partial charge in [0, 0.05) is 13.1 Å². The lowest BCUT2D eigenvalue weighted by molar-refractivity contribution is -0.385. The van der Waals surface area contributed by atoms with Crippen molar-refractivity contribution in [3.63, 3.8) is 0 Å².